The van der Waals surface area contributed by atoms with Gasteiger partial charge in [-0.2, -0.15) is 5.26 Å². The number of aryl methyl sites for hydroxylation is 1. The van der Waals surface area contributed by atoms with Crippen molar-refractivity contribution in [1.29, 1.82) is 5.26 Å². The maximum Gasteiger partial charge on any atom is 0.111 e. The maximum atomic E-state index is 8.43. The monoisotopic (exact) mass is 149 g/mol. The first-order chi connectivity index (χ1) is 5.38. The van der Waals surface area contributed by atoms with Crippen LogP contribution in [0.1, 0.15) is 19.0 Å². The van der Waals surface area contributed by atoms with Crippen molar-refractivity contribution >= 4 is 0 Å². The molecule has 0 unspecified atom stereocenters. The molecule has 0 spiro atoms. The van der Waals surface area contributed by atoms with Gasteiger partial charge in [0.1, 0.15) is 6.54 Å². The summed E-state index contributed by atoms with van der Waals surface area (Å²) in [6, 6.07) is 2.09. The third-order valence-corrected chi connectivity index (χ3v) is 1.55. The molecule has 0 radical (unpaired) electrons. The number of aromatic nitrogens is 2. The van der Waals surface area contributed by atoms with Crippen LogP contribution < -0.4 is 0 Å². The van der Waals surface area contributed by atoms with E-state index < -0.39 is 0 Å². The summed E-state index contributed by atoms with van der Waals surface area (Å²) in [6.45, 7) is 2.53. The van der Waals surface area contributed by atoms with Crippen molar-refractivity contribution in [2.45, 2.75) is 26.3 Å². The summed E-state index contributed by atoms with van der Waals surface area (Å²) in [7, 11) is 0. The van der Waals surface area contributed by atoms with Crippen molar-refractivity contribution in [3.63, 3.8) is 0 Å². The molecule has 11 heavy (non-hydrogen) atoms. The Hall–Kier alpha value is -1.30. The van der Waals surface area contributed by atoms with E-state index in [0.717, 1.165) is 18.5 Å². The standard InChI is InChI=1S/C8H11N3/c1-2-3-8-6-10-7-11(8)5-4-9/h6-7H,2-3,5H2,1H3. The van der Waals surface area contributed by atoms with Gasteiger partial charge in [-0.05, 0) is 6.42 Å². The molecule has 0 N–H and O–H groups in total. The first-order valence-corrected chi connectivity index (χ1v) is 3.74. The Morgan fingerprint density at radius 3 is 3.18 bits per heavy atom. The zero-order chi connectivity index (χ0) is 8.10. The van der Waals surface area contributed by atoms with Gasteiger partial charge in [-0.3, -0.25) is 0 Å². The number of hydrogen-bond acceptors (Lipinski definition) is 2. The highest BCUT2D eigenvalue weighted by molar-refractivity contribution is 5.00. The van der Waals surface area contributed by atoms with Crippen LogP contribution in [0.2, 0.25) is 0 Å². The number of imidazole rings is 1. The van der Waals surface area contributed by atoms with Crippen LogP contribution in [0.4, 0.5) is 0 Å². The minimum atomic E-state index is 0.412. The maximum absolute atomic E-state index is 8.43. The lowest BCUT2D eigenvalue weighted by atomic mass is 10.3. The third kappa shape index (κ3) is 1.81. The average Bonchev–Trinajstić information content (AvgIpc) is 2.39. The summed E-state index contributed by atoms with van der Waals surface area (Å²) >= 11 is 0. The Labute approximate surface area is 66.3 Å². The molecule has 0 aliphatic carbocycles. The summed E-state index contributed by atoms with van der Waals surface area (Å²) in [5, 5.41) is 8.43. The van der Waals surface area contributed by atoms with E-state index in [4.69, 9.17) is 5.26 Å². The van der Waals surface area contributed by atoms with Crippen molar-refractivity contribution in [2.75, 3.05) is 0 Å². The highest BCUT2D eigenvalue weighted by atomic mass is 15.0. The molecule has 0 saturated heterocycles. The second-order valence-electron chi connectivity index (χ2n) is 2.42. The Balaban J connectivity index is 2.71. The van der Waals surface area contributed by atoms with Gasteiger partial charge in [-0.1, -0.05) is 13.3 Å². The molecule has 0 aromatic carbocycles. The van der Waals surface area contributed by atoms with Crippen LogP contribution in [0.15, 0.2) is 12.5 Å². The van der Waals surface area contributed by atoms with Gasteiger partial charge in [-0.25, -0.2) is 4.98 Å². The predicted octanol–water partition coefficient (Wildman–Crippen LogP) is 1.36. The molecule has 1 rings (SSSR count). The van der Waals surface area contributed by atoms with Crippen LogP contribution in [0.25, 0.3) is 0 Å². The molecule has 58 valence electrons. The molecule has 0 fully saturated rings. The normalized spacial score (nSPS) is 9.45. The number of nitrogens with zero attached hydrogens (tertiary/aromatic N) is 3. The molecule has 3 heteroatoms. The Morgan fingerprint density at radius 2 is 2.55 bits per heavy atom. The molecule has 1 aromatic heterocycles. The fourth-order valence-electron chi connectivity index (χ4n) is 1.03. The quantitative estimate of drug-likeness (QED) is 0.651. The van der Waals surface area contributed by atoms with Crippen LogP contribution in [0, 0.1) is 11.3 Å². The molecule has 0 saturated carbocycles. The first kappa shape index (κ1) is 7.80. The fourth-order valence-corrected chi connectivity index (χ4v) is 1.03. The van der Waals surface area contributed by atoms with Gasteiger partial charge in [0.15, 0.2) is 0 Å². The van der Waals surface area contributed by atoms with Gasteiger partial charge in [0.2, 0.25) is 0 Å². The Morgan fingerprint density at radius 1 is 1.73 bits per heavy atom. The molecule has 0 aliphatic rings. The second kappa shape index (κ2) is 3.77. The molecule has 1 aromatic rings. The van der Waals surface area contributed by atoms with Gasteiger partial charge in [0, 0.05) is 11.9 Å². The van der Waals surface area contributed by atoms with E-state index >= 15 is 0 Å². The van der Waals surface area contributed by atoms with E-state index in [1.807, 2.05) is 10.8 Å². The molecule has 0 amide bonds. The average molecular weight is 149 g/mol. The minimum Gasteiger partial charge on any atom is -0.321 e. The molecule has 3 nitrogen and oxygen atoms in total. The third-order valence-electron chi connectivity index (χ3n) is 1.55. The predicted molar refractivity (Wildman–Crippen MR) is 41.8 cm³/mol. The number of hydrogen-bond donors (Lipinski definition) is 0. The van der Waals surface area contributed by atoms with Crippen LogP contribution >= 0.6 is 0 Å². The van der Waals surface area contributed by atoms with E-state index in [-0.39, 0.29) is 0 Å². The highest BCUT2D eigenvalue weighted by Crippen LogP contribution is 2.01. The van der Waals surface area contributed by atoms with Crippen LogP contribution in [-0.4, -0.2) is 9.55 Å². The summed E-state index contributed by atoms with van der Waals surface area (Å²) < 4.78 is 1.88. The second-order valence-corrected chi connectivity index (χ2v) is 2.42. The summed E-state index contributed by atoms with van der Waals surface area (Å²) in [6.07, 6.45) is 5.62. The molecule has 0 bridgehead atoms. The van der Waals surface area contributed by atoms with Gasteiger partial charge in [0.25, 0.3) is 0 Å². The van der Waals surface area contributed by atoms with Crippen molar-refractivity contribution in [2.24, 2.45) is 0 Å². The fraction of sp³-hybridized carbons (Fsp3) is 0.500. The van der Waals surface area contributed by atoms with Gasteiger partial charge in [-0.15, -0.1) is 0 Å². The topological polar surface area (TPSA) is 41.6 Å². The van der Waals surface area contributed by atoms with Gasteiger partial charge >= 0.3 is 0 Å². The Kier molecular flexibility index (Phi) is 2.67. The number of rotatable bonds is 3. The largest absolute Gasteiger partial charge is 0.321 e. The lowest BCUT2D eigenvalue weighted by Gasteiger charge is -1.99. The highest BCUT2D eigenvalue weighted by Gasteiger charge is 1.98. The summed E-state index contributed by atoms with van der Waals surface area (Å²) in [4.78, 5) is 3.97. The zero-order valence-electron chi connectivity index (χ0n) is 6.62. The van der Waals surface area contributed by atoms with Crippen LogP contribution in [0.3, 0.4) is 0 Å². The smallest absolute Gasteiger partial charge is 0.111 e. The molecular weight excluding hydrogens is 138 g/mol. The van der Waals surface area contributed by atoms with Gasteiger partial charge in [0.05, 0.1) is 12.4 Å². The molecule has 0 aliphatic heterocycles. The van der Waals surface area contributed by atoms with Crippen molar-refractivity contribution in [3.8, 4) is 6.07 Å². The van der Waals surface area contributed by atoms with Crippen molar-refractivity contribution in [3.05, 3.63) is 18.2 Å². The van der Waals surface area contributed by atoms with Crippen molar-refractivity contribution in [1.82, 2.24) is 9.55 Å². The SMILES string of the molecule is CCCc1cncn1CC#N. The van der Waals surface area contributed by atoms with Crippen molar-refractivity contribution < 1.29 is 0 Å². The lowest BCUT2D eigenvalue weighted by Crippen LogP contribution is -1.99. The number of nitriles is 1. The van der Waals surface area contributed by atoms with Crippen LogP contribution in [-0.2, 0) is 13.0 Å². The van der Waals surface area contributed by atoms with Gasteiger partial charge < -0.3 is 4.57 Å². The van der Waals surface area contributed by atoms with E-state index in [9.17, 15) is 0 Å². The Bertz CT molecular complexity index is 257. The molecular formula is C8H11N3. The van der Waals surface area contributed by atoms with E-state index in [1.165, 1.54) is 0 Å². The zero-order valence-corrected chi connectivity index (χ0v) is 6.62. The summed E-state index contributed by atoms with van der Waals surface area (Å²) in [5.74, 6) is 0. The molecule has 1 heterocycles. The van der Waals surface area contributed by atoms with E-state index in [2.05, 4.69) is 18.0 Å². The van der Waals surface area contributed by atoms with E-state index in [1.54, 1.807) is 6.33 Å². The summed E-state index contributed by atoms with van der Waals surface area (Å²) in [5.41, 5.74) is 1.15. The minimum absolute atomic E-state index is 0.412. The first-order valence-electron chi connectivity index (χ1n) is 3.74. The van der Waals surface area contributed by atoms with E-state index in [0.29, 0.717) is 6.54 Å². The molecule has 0 atom stereocenters. The van der Waals surface area contributed by atoms with Crippen LogP contribution in [0.5, 0.6) is 0 Å². The lowest BCUT2D eigenvalue weighted by molar-refractivity contribution is 0.743.